The Morgan fingerprint density at radius 2 is 2.21 bits per heavy atom. The molecule has 0 unspecified atom stereocenters. The lowest BCUT2D eigenvalue weighted by molar-refractivity contribution is 0.274. The van der Waals surface area contributed by atoms with E-state index in [0.29, 0.717) is 5.92 Å². The molecular weight excluding hydrogens is 178 g/mol. The first-order valence-electron chi connectivity index (χ1n) is 4.67. The Hall–Kier alpha value is -1.42. The molecule has 4 nitrogen and oxygen atoms in total. The minimum absolute atomic E-state index is 0.00269. The zero-order chi connectivity index (χ0) is 10.1. The largest absolute Gasteiger partial charge is 0.390 e. The van der Waals surface area contributed by atoms with Gasteiger partial charge in [-0.3, -0.25) is 0 Å². The van der Waals surface area contributed by atoms with Gasteiger partial charge in [0.25, 0.3) is 0 Å². The van der Waals surface area contributed by atoms with E-state index in [1.54, 1.807) is 10.7 Å². The van der Waals surface area contributed by atoms with Crippen molar-refractivity contribution >= 4 is 5.52 Å². The second-order valence-corrected chi connectivity index (χ2v) is 3.59. The van der Waals surface area contributed by atoms with Crippen LogP contribution < -0.4 is 0 Å². The second-order valence-electron chi connectivity index (χ2n) is 3.59. The molecule has 0 saturated carbocycles. The molecule has 0 aliphatic carbocycles. The molecule has 0 atom stereocenters. The molecule has 2 heterocycles. The number of rotatable bonds is 2. The summed E-state index contributed by atoms with van der Waals surface area (Å²) in [4.78, 5) is 4.24. The highest BCUT2D eigenvalue weighted by Crippen LogP contribution is 2.11. The van der Waals surface area contributed by atoms with E-state index in [1.165, 1.54) is 0 Å². The fraction of sp³-hybridized carbons (Fsp3) is 0.400. The highest BCUT2D eigenvalue weighted by Gasteiger charge is 2.06. The van der Waals surface area contributed by atoms with E-state index in [1.807, 2.05) is 26.0 Å². The molecule has 0 aliphatic rings. The lowest BCUT2D eigenvalue weighted by Crippen LogP contribution is -2.05. The van der Waals surface area contributed by atoms with E-state index >= 15 is 0 Å². The molecule has 0 saturated heterocycles. The van der Waals surface area contributed by atoms with Crippen molar-refractivity contribution in [1.82, 2.24) is 14.6 Å². The molecule has 2 aromatic heterocycles. The Kier molecular flexibility index (Phi) is 2.21. The highest BCUT2D eigenvalue weighted by atomic mass is 16.3. The van der Waals surface area contributed by atoms with Crippen LogP contribution in [0.15, 0.2) is 18.3 Å². The maximum absolute atomic E-state index is 9.07. The smallest absolute Gasteiger partial charge is 0.151 e. The maximum Gasteiger partial charge on any atom is 0.151 e. The zero-order valence-corrected chi connectivity index (χ0v) is 8.31. The van der Waals surface area contributed by atoms with Crippen LogP contribution in [0.5, 0.6) is 0 Å². The van der Waals surface area contributed by atoms with Crippen LogP contribution in [0.25, 0.3) is 5.52 Å². The summed E-state index contributed by atoms with van der Waals surface area (Å²) < 4.78 is 1.74. The summed E-state index contributed by atoms with van der Waals surface area (Å²) in [7, 11) is 0. The highest BCUT2D eigenvalue weighted by molar-refractivity contribution is 5.46. The Labute approximate surface area is 82.2 Å². The van der Waals surface area contributed by atoms with Gasteiger partial charge in [0.1, 0.15) is 0 Å². The Morgan fingerprint density at radius 1 is 1.43 bits per heavy atom. The second kappa shape index (κ2) is 3.38. The summed E-state index contributed by atoms with van der Waals surface area (Å²) in [6, 6.07) is 3.75. The lowest BCUT2D eigenvalue weighted by Gasteiger charge is -2.04. The predicted octanol–water partition coefficient (Wildman–Crippen LogP) is 1.34. The molecule has 0 fully saturated rings. The van der Waals surface area contributed by atoms with Crippen molar-refractivity contribution in [2.75, 3.05) is 0 Å². The summed E-state index contributed by atoms with van der Waals surface area (Å²) in [5.41, 5.74) is 1.71. The van der Waals surface area contributed by atoms with Crippen LogP contribution in [0.1, 0.15) is 31.3 Å². The molecule has 1 N–H and O–H groups in total. The van der Waals surface area contributed by atoms with Gasteiger partial charge in [0, 0.05) is 5.92 Å². The molecule has 0 aromatic carbocycles. The Bertz CT molecular complexity index is 448. The van der Waals surface area contributed by atoms with Crippen molar-refractivity contribution in [1.29, 1.82) is 0 Å². The lowest BCUT2D eigenvalue weighted by atomic mass is 10.2. The van der Waals surface area contributed by atoms with Gasteiger partial charge in [0.2, 0.25) is 0 Å². The van der Waals surface area contributed by atoms with Gasteiger partial charge in [-0.15, -0.1) is 0 Å². The van der Waals surface area contributed by atoms with Gasteiger partial charge < -0.3 is 5.11 Å². The molecule has 0 amide bonds. The number of aliphatic hydroxyl groups is 1. The summed E-state index contributed by atoms with van der Waals surface area (Å²) in [5, 5.41) is 13.4. The van der Waals surface area contributed by atoms with Crippen molar-refractivity contribution in [3.05, 3.63) is 29.8 Å². The quantitative estimate of drug-likeness (QED) is 0.779. The van der Waals surface area contributed by atoms with Crippen LogP contribution in [0, 0.1) is 0 Å². The third kappa shape index (κ3) is 1.37. The monoisotopic (exact) mass is 191 g/mol. The Balaban J connectivity index is 2.61. The minimum Gasteiger partial charge on any atom is -0.390 e. The van der Waals surface area contributed by atoms with Gasteiger partial charge in [-0.25, -0.2) is 9.50 Å². The molecule has 0 bridgehead atoms. The minimum atomic E-state index is 0.00269. The van der Waals surface area contributed by atoms with Gasteiger partial charge in [-0.05, 0) is 12.1 Å². The van der Waals surface area contributed by atoms with Crippen LogP contribution in [0.3, 0.4) is 0 Å². The van der Waals surface area contributed by atoms with Gasteiger partial charge in [0.05, 0.1) is 24.0 Å². The molecule has 2 aromatic rings. The zero-order valence-electron chi connectivity index (χ0n) is 8.31. The van der Waals surface area contributed by atoms with E-state index < -0.39 is 0 Å². The van der Waals surface area contributed by atoms with E-state index in [0.717, 1.165) is 17.0 Å². The third-order valence-electron chi connectivity index (χ3n) is 2.17. The van der Waals surface area contributed by atoms with E-state index in [4.69, 9.17) is 5.11 Å². The average molecular weight is 191 g/mol. The van der Waals surface area contributed by atoms with E-state index in [-0.39, 0.29) is 6.61 Å². The molecular formula is C10H13N3O. The maximum atomic E-state index is 9.07. The van der Waals surface area contributed by atoms with Crippen LogP contribution in [0.4, 0.5) is 0 Å². The van der Waals surface area contributed by atoms with Crippen molar-refractivity contribution in [2.24, 2.45) is 0 Å². The summed E-state index contributed by atoms with van der Waals surface area (Å²) in [6.07, 6.45) is 1.78. The topological polar surface area (TPSA) is 50.4 Å². The standard InChI is InChI=1S/C10H13N3O/c1-7(2)10-11-5-8-3-4-9(6-14)13(8)12-10/h3-5,7,14H,6H2,1-2H3. The third-order valence-corrected chi connectivity index (χ3v) is 2.17. The first-order chi connectivity index (χ1) is 6.72. The number of hydrogen-bond donors (Lipinski definition) is 1. The number of nitrogens with zero attached hydrogens (tertiary/aromatic N) is 3. The number of hydrogen-bond acceptors (Lipinski definition) is 3. The number of aromatic nitrogens is 3. The fourth-order valence-electron chi connectivity index (χ4n) is 1.35. The first-order valence-corrected chi connectivity index (χ1v) is 4.67. The molecule has 0 aliphatic heterocycles. The van der Waals surface area contributed by atoms with Gasteiger partial charge >= 0.3 is 0 Å². The van der Waals surface area contributed by atoms with Gasteiger partial charge in [0.15, 0.2) is 5.82 Å². The molecule has 2 rings (SSSR count). The van der Waals surface area contributed by atoms with Crippen molar-refractivity contribution in [2.45, 2.75) is 26.4 Å². The molecule has 0 radical (unpaired) electrons. The predicted molar refractivity (Wildman–Crippen MR) is 53.0 cm³/mol. The molecule has 74 valence electrons. The van der Waals surface area contributed by atoms with Crippen LogP contribution in [-0.4, -0.2) is 19.7 Å². The summed E-state index contributed by atoms with van der Waals surface area (Å²) >= 11 is 0. The van der Waals surface area contributed by atoms with Crippen molar-refractivity contribution in [3.63, 3.8) is 0 Å². The molecule has 14 heavy (non-hydrogen) atoms. The molecule has 0 spiro atoms. The Morgan fingerprint density at radius 3 is 2.86 bits per heavy atom. The van der Waals surface area contributed by atoms with E-state index in [9.17, 15) is 0 Å². The normalized spacial score (nSPS) is 11.4. The van der Waals surface area contributed by atoms with Crippen molar-refractivity contribution < 1.29 is 5.11 Å². The number of aliphatic hydroxyl groups excluding tert-OH is 1. The molecule has 4 heteroatoms. The first kappa shape index (κ1) is 9.15. The number of fused-ring (bicyclic) bond motifs is 1. The SMILES string of the molecule is CC(C)c1ncc2ccc(CO)n2n1. The van der Waals surface area contributed by atoms with Gasteiger partial charge in [-0.1, -0.05) is 13.8 Å². The van der Waals surface area contributed by atoms with Crippen LogP contribution in [0.2, 0.25) is 0 Å². The van der Waals surface area contributed by atoms with Crippen LogP contribution >= 0.6 is 0 Å². The van der Waals surface area contributed by atoms with Gasteiger partial charge in [-0.2, -0.15) is 5.10 Å². The van der Waals surface area contributed by atoms with Crippen LogP contribution in [-0.2, 0) is 6.61 Å². The summed E-state index contributed by atoms with van der Waals surface area (Å²) in [5.74, 6) is 1.09. The fourth-order valence-corrected chi connectivity index (χ4v) is 1.35. The van der Waals surface area contributed by atoms with Crippen molar-refractivity contribution in [3.8, 4) is 0 Å². The average Bonchev–Trinajstić information content (AvgIpc) is 2.59. The summed E-state index contributed by atoms with van der Waals surface area (Å²) in [6.45, 7) is 4.09. The van der Waals surface area contributed by atoms with E-state index in [2.05, 4.69) is 10.1 Å².